The fourth-order valence-electron chi connectivity index (χ4n) is 1.65. The molecule has 0 radical (unpaired) electrons. The van der Waals surface area contributed by atoms with E-state index in [1.807, 2.05) is 0 Å². The Morgan fingerprint density at radius 3 is 2.50 bits per heavy atom. The monoisotopic (exact) mass is 250 g/mol. The molecule has 1 aromatic heterocycles. The van der Waals surface area contributed by atoms with Gasteiger partial charge in [-0.2, -0.15) is 4.39 Å². The minimum Gasteiger partial charge on any atom is -0.494 e. The summed E-state index contributed by atoms with van der Waals surface area (Å²) in [6.07, 6.45) is 0.579. The molecule has 0 aliphatic rings. The number of furan rings is 1. The highest BCUT2D eigenvalue weighted by Crippen LogP contribution is 2.37. The molecule has 0 fully saturated rings. The molecule has 0 N–H and O–H groups in total. The Balaban J connectivity index is 2.56. The first kappa shape index (κ1) is 12.2. The van der Waals surface area contributed by atoms with E-state index in [1.54, 1.807) is 12.1 Å². The summed E-state index contributed by atoms with van der Waals surface area (Å²) < 4.78 is 29.1. The number of benzene rings is 1. The van der Waals surface area contributed by atoms with Crippen LogP contribution in [-0.2, 0) is 0 Å². The first-order valence-corrected chi connectivity index (χ1v) is 5.17. The van der Waals surface area contributed by atoms with Gasteiger partial charge in [-0.3, -0.25) is 4.79 Å². The highest BCUT2D eigenvalue weighted by Gasteiger charge is 2.18. The van der Waals surface area contributed by atoms with E-state index < -0.39 is 5.82 Å². The molecule has 0 saturated heterocycles. The van der Waals surface area contributed by atoms with Gasteiger partial charge in [0.2, 0.25) is 5.82 Å². The van der Waals surface area contributed by atoms with Gasteiger partial charge in [-0.05, 0) is 24.3 Å². The van der Waals surface area contributed by atoms with Crippen molar-refractivity contribution in [2.24, 2.45) is 0 Å². The summed E-state index contributed by atoms with van der Waals surface area (Å²) in [5.41, 5.74) is 0.420. The van der Waals surface area contributed by atoms with E-state index in [0.29, 0.717) is 17.6 Å². The van der Waals surface area contributed by atoms with Crippen LogP contribution in [0.5, 0.6) is 11.5 Å². The standard InChI is InChI=1S/C13H11FO4/c1-16-11-6-4-9(13(17-2)12(11)14)10-5-3-8(7-15)18-10/h3-7H,1-2H3. The average Bonchev–Trinajstić information content (AvgIpc) is 2.87. The second-order valence-corrected chi connectivity index (χ2v) is 3.48. The molecule has 94 valence electrons. The summed E-state index contributed by atoms with van der Waals surface area (Å²) in [7, 11) is 2.72. The Labute approximate surface area is 103 Å². The predicted molar refractivity (Wildman–Crippen MR) is 62.6 cm³/mol. The highest BCUT2D eigenvalue weighted by atomic mass is 19.1. The number of halogens is 1. The summed E-state index contributed by atoms with van der Waals surface area (Å²) in [6, 6.07) is 6.15. The third-order valence-corrected chi connectivity index (χ3v) is 2.49. The van der Waals surface area contributed by atoms with Gasteiger partial charge in [-0.15, -0.1) is 0 Å². The summed E-state index contributed by atoms with van der Waals surface area (Å²) in [4.78, 5) is 10.6. The van der Waals surface area contributed by atoms with Gasteiger partial charge >= 0.3 is 0 Å². The molecule has 1 aromatic carbocycles. The number of carbonyl (C=O) groups excluding carboxylic acids is 1. The van der Waals surface area contributed by atoms with E-state index >= 15 is 0 Å². The van der Waals surface area contributed by atoms with Crippen LogP contribution in [0, 0.1) is 5.82 Å². The predicted octanol–water partition coefficient (Wildman–Crippen LogP) is 2.92. The van der Waals surface area contributed by atoms with Crippen LogP contribution in [-0.4, -0.2) is 20.5 Å². The van der Waals surface area contributed by atoms with Crippen molar-refractivity contribution in [1.29, 1.82) is 0 Å². The molecule has 5 heteroatoms. The second-order valence-electron chi connectivity index (χ2n) is 3.48. The Morgan fingerprint density at radius 2 is 1.94 bits per heavy atom. The quantitative estimate of drug-likeness (QED) is 0.783. The smallest absolute Gasteiger partial charge is 0.207 e. The van der Waals surface area contributed by atoms with E-state index in [9.17, 15) is 9.18 Å². The summed E-state index contributed by atoms with van der Waals surface area (Å²) in [5.74, 6) is 0.0132. The van der Waals surface area contributed by atoms with E-state index in [0.717, 1.165) is 0 Å². The number of ether oxygens (including phenoxy) is 2. The van der Waals surface area contributed by atoms with Crippen molar-refractivity contribution in [3.63, 3.8) is 0 Å². The van der Waals surface area contributed by atoms with Crippen molar-refractivity contribution in [2.45, 2.75) is 0 Å². The van der Waals surface area contributed by atoms with Crippen molar-refractivity contribution < 1.29 is 23.1 Å². The molecule has 2 rings (SSSR count). The van der Waals surface area contributed by atoms with E-state index in [4.69, 9.17) is 13.9 Å². The minimum absolute atomic E-state index is 0.0150. The van der Waals surface area contributed by atoms with Crippen LogP contribution in [0.15, 0.2) is 28.7 Å². The van der Waals surface area contributed by atoms with Crippen LogP contribution in [0.2, 0.25) is 0 Å². The lowest BCUT2D eigenvalue weighted by atomic mass is 10.1. The zero-order chi connectivity index (χ0) is 13.1. The number of hydrogen-bond donors (Lipinski definition) is 0. The lowest BCUT2D eigenvalue weighted by molar-refractivity contribution is 0.110. The number of hydrogen-bond acceptors (Lipinski definition) is 4. The lowest BCUT2D eigenvalue weighted by Gasteiger charge is -2.10. The fraction of sp³-hybridized carbons (Fsp3) is 0.154. The first-order chi connectivity index (χ1) is 8.71. The van der Waals surface area contributed by atoms with Gasteiger partial charge < -0.3 is 13.9 Å². The molecule has 0 aliphatic heterocycles. The number of aldehydes is 1. The van der Waals surface area contributed by atoms with Crippen molar-refractivity contribution in [2.75, 3.05) is 14.2 Å². The molecule has 0 aliphatic carbocycles. The largest absolute Gasteiger partial charge is 0.494 e. The maximum absolute atomic E-state index is 13.9. The molecule has 0 amide bonds. The molecule has 2 aromatic rings. The average molecular weight is 250 g/mol. The normalized spacial score (nSPS) is 10.2. The molecular weight excluding hydrogens is 239 g/mol. The van der Waals surface area contributed by atoms with E-state index in [-0.39, 0.29) is 17.3 Å². The van der Waals surface area contributed by atoms with Crippen LogP contribution >= 0.6 is 0 Å². The Hall–Kier alpha value is -2.30. The van der Waals surface area contributed by atoms with Crippen LogP contribution in [0.1, 0.15) is 10.6 Å². The van der Waals surface area contributed by atoms with Gasteiger partial charge in [0.25, 0.3) is 0 Å². The fourth-order valence-corrected chi connectivity index (χ4v) is 1.65. The second kappa shape index (κ2) is 4.91. The molecule has 0 saturated carbocycles. The van der Waals surface area contributed by atoms with Gasteiger partial charge in [-0.1, -0.05) is 0 Å². The minimum atomic E-state index is -0.610. The SMILES string of the molecule is COc1ccc(-c2ccc(C=O)o2)c(OC)c1F. The van der Waals surface area contributed by atoms with Gasteiger partial charge in [0, 0.05) is 0 Å². The van der Waals surface area contributed by atoms with Crippen molar-refractivity contribution in [1.82, 2.24) is 0 Å². The van der Waals surface area contributed by atoms with Crippen LogP contribution in [0.25, 0.3) is 11.3 Å². The molecule has 18 heavy (non-hydrogen) atoms. The molecule has 0 unspecified atom stereocenters. The zero-order valence-electron chi connectivity index (χ0n) is 9.90. The summed E-state index contributed by atoms with van der Waals surface area (Å²) in [6.45, 7) is 0. The number of methoxy groups -OCH3 is 2. The van der Waals surface area contributed by atoms with Crippen LogP contribution in [0.4, 0.5) is 4.39 Å². The van der Waals surface area contributed by atoms with Crippen LogP contribution < -0.4 is 9.47 Å². The summed E-state index contributed by atoms with van der Waals surface area (Å²) >= 11 is 0. The van der Waals surface area contributed by atoms with Crippen molar-refractivity contribution in [3.8, 4) is 22.8 Å². The van der Waals surface area contributed by atoms with E-state index in [2.05, 4.69) is 0 Å². The highest BCUT2D eigenvalue weighted by molar-refractivity contribution is 5.74. The Morgan fingerprint density at radius 1 is 1.17 bits per heavy atom. The zero-order valence-corrected chi connectivity index (χ0v) is 9.90. The maximum Gasteiger partial charge on any atom is 0.207 e. The third kappa shape index (κ3) is 1.95. The van der Waals surface area contributed by atoms with Gasteiger partial charge in [-0.25, -0.2) is 0 Å². The topological polar surface area (TPSA) is 48.7 Å². The number of rotatable bonds is 4. The molecule has 0 atom stereocenters. The van der Waals surface area contributed by atoms with Crippen molar-refractivity contribution in [3.05, 3.63) is 35.8 Å². The van der Waals surface area contributed by atoms with Gasteiger partial charge in [0.15, 0.2) is 23.5 Å². The molecule has 1 heterocycles. The maximum atomic E-state index is 13.9. The summed E-state index contributed by atoms with van der Waals surface area (Å²) in [5, 5.41) is 0. The molecule has 0 bridgehead atoms. The lowest BCUT2D eigenvalue weighted by Crippen LogP contribution is -1.95. The molecule has 0 spiro atoms. The third-order valence-electron chi connectivity index (χ3n) is 2.49. The van der Waals surface area contributed by atoms with Gasteiger partial charge in [0.05, 0.1) is 19.8 Å². The van der Waals surface area contributed by atoms with Gasteiger partial charge in [0.1, 0.15) is 5.76 Å². The number of carbonyl (C=O) groups is 1. The van der Waals surface area contributed by atoms with E-state index in [1.165, 1.54) is 26.4 Å². The first-order valence-electron chi connectivity index (χ1n) is 5.17. The van der Waals surface area contributed by atoms with Crippen LogP contribution in [0.3, 0.4) is 0 Å². The molecule has 4 nitrogen and oxygen atoms in total. The Kier molecular flexibility index (Phi) is 3.32. The van der Waals surface area contributed by atoms with Crippen molar-refractivity contribution >= 4 is 6.29 Å². The molecular formula is C13H11FO4. The Bertz CT molecular complexity index is 574.